The quantitative estimate of drug-likeness (QED) is 0.825. The van der Waals surface area contributed by atoms with E-state index in [1.807, 2.05) is 19.1 Å². The van der Waals surface area contributed by atoms with Gasteiger partial charge in [-0.3, -0.25) is 4.79 Å². The largest absolute Gasteiger partial charge is 0.383 e. The minimum Gasteiger partial charge on any atom is -0.383 e. The summed E-state index contributed by atoms with van der Waals surface area (Å²) in [7, 11) is 3.40. The number of nitrogens with two attached hydrogens (primary N) is 1. The maximum Gasteiger partial charge on any atom is 0.253 e. The van der Waals surface area contributed by atoms with Crippen LogP contribution in [0.4, 0.5) is 0 Å². The lowest BCUT2D eigenvalue weighted by atomic mass is 10.1. The molecule has 0 saturated carbocycles. The number of amides is 1. The summed E-state index contributed by atoms with van der Waals surface area (Å²) in [6.07, 6.45) is 0. The van der Waals surface area contributed by atoms with Crippen molar-refractivity contribution in [2.75, 3.05) is 27.3 Å². The topological polar surface area (TPSA) is 55.6 Å². The molecular weight excluding hydrogens is 240 g/mol. The molecule has 1 rings (SSSR count). The van der Waals surface area contributed by atoms with Crippen molar-refractivity contribution < 1.29 is 9.53 Å². The van der Waals surface area contributed by atoms with E-state index in [-0.39, 0.29) is 11.9 Å². The van der Waals surface area contributed by atoms with Gasteiger partial charge >= 0.3 is 0 Å². The SMILES string of the molecule is COCC(C)N(C)C(=O)c1ccc(C#CCN)cc1. The van der Waals surface area contributed by atoms with Gasteiger partial charge in [0.15, 0.2) is 0 Å². The highest BCUT2D eigenvalue weighted by Crippen LogP contribution is 2.08. The average Bonchev–Trinajstić information content (AvgIpc) is 2.44. The van der Waals surface area contributed by atoms with Crippen molar-refractivity contribution in [2.45, 2.75) is 13.0 Å². The van der Waals surface area contributed by atoms with Crippen LogP contribution < -0.4 is 5.73 Å². The first-order valence-corrected chi connectivity index (χ1v) is 6.15. The molecule has 0 saturated heterocycles. The van der Waals surface area contributed by atoms with Gasteiger partial charge < -0.3 is 15.4 Å². The molecule has 0 aliphatic carbocycles. The number of rotatable bonds is 4. The summed E-state index contributed by atoms with van der Waals surface area (Å²) in [5.41, 5.74) is 6.81. The normalized spacial score (nSPS) is 11.4. The predicted octanol–water partition coefficient (Wildman–Crippen LogP) is 1.10. The van der Waals surface area contributed by atoms with Crippen LogP contribution >= 0.6 is 0 Å². The van der Waals surface area contributed by atoms with Gasteiger partial charge in [0.2, 0.25) is 0 Å². The third-order valence-corrected chi connectivity index (χ3v) is 2.86. The molecule has 0 spiro atoms. The van der Waals surface area contributed by atoms with Crippen molar-refractivity contribution in [1.82, 2.24) is 4.90 Å². The highest BCUT2D eigenvalue weighted by Gasteiger charge is 2.16. The molecule has 1 unspecified atom stereocenters. The summed E-state index contributed by atoms with van der Waals surface area (Å²) < 4.78 is 5.05. The van der Waals surface area contributed by atoms with Crippen LogP contribution in [0.25, 0.3) is 0 Å². The maximum atomic E-state index is 12.2. The molecule has 0 aromatic heterocycles. The summed E-state index contributed by atoms with van der Waals surface area (Å²) in [4.78, 5) is 13.9. The predicted molar refractivity (Wildman–Crippen MR) is 75.8 cm³/mol. The number of hydrogen-bond donors (Lipinski definition) is 1. The van der Waals surface area contributed by atoms with Gasteiger partial charge in [0.1, 0.15) is 0 Å². The fourth-order valence-corrected chi connectivity index (χ4v) is 1.61. The maximum absolute atomic E-state index is 12.2. The van der Waals surface area contributed by atoms with E-state index in [0.717, 1.165) is 5.56 Å². The molecule has 0 heterocycles. The Morgan fingerprint density at radius 1 is 1.42 bits per heavy atom. The molecule has 1 aromatic rings. The lowest BCUT2D eigenvalue weighted by Gasteiger charge is -2.24. The van der Waals surface area contributed by atoms with Gasteiger partial charge in [-0.1, -0.05) is 11.8 Å². The van der Waals surface area contributed by atoms with E-state index in [0.29, 0.717) is 18.7 Å². The first-order chi connectivity index (χ1) is 9.10. The molecule has 19 heavy (non-hydrogen) atoms. The van der Waals surface area contributed by atoms with E-state index in [4.69, 9.17) is 10.5 Å². The fourth-order valence-electron chi connectivity index (χ4n) is 1.61. The second-order valence-corrected chi connectivity index (χ2v) is 4.30. The number of carbonyl (C=O) groups is 1. The van der Waals surface area contributed by atoms with Crippen LogP contribution in [0.2, 0.25) is 0 Å². The van der Waals surface area contributed by atoms with Gasteiger partial charge in [0.05, 0.1) is 19.2 Å². The zero-order valence-electron chi connectivity index (χ0n) is 11.6. The van der Waals surface area contributed by atoms with E-state index in [2.05, 4.69) is 11.8 Å². The van der Waals surface area contributed by atoms with E-state index < -0.39 is 0 Å². The summed E-state index contributed by atoms with van der Waals surface area (Å²) in [5, 5.41) is 0. The summed E-state index contributed by atoms with van der Waals surface area (Å²) in [6, 6.07) is 7.24. The molecule has 1 aromatic carbocycles. The molecule has 0 bridgehead atoms. The zero-order valence-corrected chi connectivity index (χ0v) is 11.6. The Morgan fingerprint density at radius 3 is 2.58 bits per heavy atom. The van der Waals surface area contributed by atoms with Crippen molar-refractivity contribution in [3.63, 3.8) is 0 Å². The second-order valence-electron chi connectivity index (χ2n) is 4.30. The van der Waals surface area contributed by atoms with Crippen molar-refractivity contribution >= 4 is 5.91 Å². The van der Waals surface area contributed by atoms with Gasteiger partial charge in [-0.15, -0.1) is 0 Å². The average molecular weight is 260 g/mol. The van der Waals surface area contributed by atoms with Gasteiger partial charge in [0, 0.05) is 25.3 Å². The van der Waals surface area contributed by atoms with E-state index in [1.165, 1.54) is 0 Å². The van der Waals surface area contributed by atoms with Crippen LogP contribution in [0, 0.1) is 11.8 Å². The van der Waals surface area contributed by atoms with Gasteiger partial charge in [-0.05, 0) is 31.2 Å². The molecule has 4 heteroatoms. The van der Waals surface area contributed by atoms with Gasteiger partial charge in [-0.25, -0.2) is 0 Å². The molecular formula is C15H20N2O2. The lowest BCUT2D eigenvalue weighted by Crippen LogP contribution is -2.37. The third-order valence-electron chi connectivity index (χ3n) is 2.86. The Labute approximate surface area is 114 Å². The molecule has 0 fully saturated rings. The first kappa shape index (κ1) is 15.2. The third kappa shape index (κ3) is 4.40. The lowest BCUT2D eigenvalue weighted by molar-refractivity contribution is 0.0633. The molecule has 0 aliphatic heterocycles. The van der Waals surface area contributed by atoms with Crippen LogP contribution in [-0.4, -0.2) is 44.2 Å². The Bertz CT molecular complexity index is 471. The van der Waals surface area contributed by atoms with Crippen LogP contribution in [-0.2, 0) is 4.74 Å². The summed E-state index contributed by atoms with van der Waals surface area (Å²) in [6.45, 7) is 2.79. The van der Waals surface area contributed by atoms with E-state index in [1.54, 1.807) is 31.2 Å². The smallest absolute Gasteiger partial charge is 0.253 e. The highest BCUT2D eigenvalue weighted by molar-refractivity contribution is 5.94. The number of ether oxygens (including phenoxy) is 1. The fraction of sp³-hybridized carbons (Fsp3) is 0.400. The molecule has 0 aliphatic rings. The molecule has 2 N–H and O–H groups in total. The molecule has 1 atom stereocenters. The summed E-state index contributed by atoms with van der Waals surface area (Å²) in [5.74, 6) is 5.67. The number of methoxy groups -OCH3 is 1. The molecule has 1 amide bonds. The monoisotopic (exact) mass is 260 g/mol. The van der Waals surface area contributed by atoms with E-state index >= 15 is 0 Å². The molecule has 4 nitrogen and oxygen atoms in total. The van der Waals surface area contributed by atoms with Crippen molar-refractivity contribution in [1.29, 1.82) is 0 Å². The molecule has 0 radical (unpaired) electrons. The summed E-state index contributed by atoms with van der Waals surface area (Å²) >= 11 is 0. The number of hydrogen-bond acceptors (Lipinski definition) is 3. The minimum absolute atomic E-state index is 0.0251. The Balaban J connectivity index is 2.77. The Morgan fingerprint density at radius 2 is 2.05 bits per heavy atom. The Hall–Kier alpha value is -1.83. The van der Waals surface area contributed by atoms with Crippen LogP contribution in [0.5, 0.6) is 0 Å². The van der Waals surface area contributed by atoms with Crippen LogP contribution in [0.15, 0.2) is 24.3 Å². The van der Waals surface area contributed by atoms with Gasteiger partial charge in [0.25, 0.3) is 5.91 Å². The van der Waals surface area contributed by atoms with E-state index in [9.17, 15) is 4.79 Å². The number of nitrogens with zero attached hydrogens (tertiary/aromatic N) is 1. The van der Waals surface area contributed by atoms with Gasteiger partial charge in [-0.2, -0.15) is 0 Å². The Kier molecular flexibility index (Phi) is 6.07. The second kappa shape index (κ2) is 7.57. The number of carbonyl (C=O) groups excluding carboxylic acids is 1. The first-order valence-electron chi connectivity index (χ1n) is 6.15. The van der Waals surface area contributed by atoms with Crippen molar-refractivity contribution in [3.05, 3.63) is 35.4 Å². The van der Waals surface area contributed by atoms with Crippen molar-refractivity contribution in [2.24, 2.45) is 5.73 Å². The van der Waals surface area contributed by atoms with Crippen LogP contribution in [0.3, 0.4) is 0 Å². The minimum atomic E-state index is -0.0251. The zero-order chi connectivity index (χ0) is 14.3. The standard InChI is InChI=1S/C15H20N2O2/c1-12(11-19-3)17(2)15(18)14-8-6-13(7-9-14)5-4-10-16/h6-9,12H,10-11,16H2,1-3H3. The number of benzene rings is 1. The highest BCUT2D eigenvalue weighted by atomic mass is 16.5. The molecule has 102 valence electrons. The number of likely N-dealkylation sites (N-methyl/N-ethyl adjacent to an activating group) is 1. The van der Waals surface area contributed by atoms with Crippen LogP contribution in [0.1, 0.15) is 22.8 Å². The van der Waals surface area contributed by atoms with Crippen molar-refractivity contribution in [3.8, 4) is 11.8 Å².